The van der Waals surface area contributed by atoms with E-state index in [0.717, 1.165) is 12.1 Å². The van der Waals surface area contributed by atoms with Gasteiger partial charge in [-0.3, -0.25) is 9.78 Å². The number of pyridine rings is 1. The van der Waals surface area contributed by atoms with Crippen molar-refractivity contribution in [2.45, 2.75) is 13.1 Å². The van der Waals surface area contributed by atoms with Crippen molar-refractivity contribution in [3.8, 4) is 11.1 Å². The van der Waals surface area contributed by atoms with Crippen LogP contribution in [0.1, 0.15) is 22.8 Å². The van der Waals surface area contributed by atoms with Crippen LogP contribution >= 0.6 is 0 Å². The molecule has 0 saturated heterocycles. The summed E-state index contributed by atoms with van der Waals surface area (Å²) in [6.07, 6.45) is -1.72. The fourth-order valence-corrected chi connectivity index (χ4v) is 1.77. The zero-order chi connectivity index (χ0) is 14.9. The Morgan fingerprint density at radius 3 is 2.40 bits per heavy atom. The van der Waals surface area contributed by atoms with Crippen molar-refractivity contribution < 1.29 is 18.0 Å². The minimum atomic E-state index is -4.48. The van der Waals surface area contributed by atoms with Crippen molar-refractivity contribution in [2.24, 2.45) is 0 Å². The summed E-state index contributed by atoms with van der Waals surface area (Å²) in [5.74, 6) is -0.209. The van der Waals surface area contributed by atoms with Gasteiger partial charge in [0.2, 0.25) is 0 Å². The summed E-state index contributed by atoms with van der Waals surface area (Å²) in [7, 11) is 0. The lowest BCUT2D eigenvalue weighted by atomic mass is 10.0. The number of carbonyl (C=O) groups is 1. The molecule has 1 aromatic heterocycles. The summed E-state index contributed by atoms with van der Waals surface area (Å²) in [5, 5.41) is 0. The van der Waals surface area contributed by atoms with Crippen molar-refractivity contribution in [3.63, 3.8) is 0 Å². The molecule has 0 aliphatic rings. The number of aromatic nitrogens is 1. The van der Waals surface area contributed by atoms with Gasteiger partial charge in [-0.25, -0.2) is 0 Å². The molecule has 0 bridgehead atoms. The average Bonchev–Trinajstić information content (AvgIpc) is 2.37. The van der Waals surface area contributed by atoms with Crippen molar-refractivity contribution in [1.29, 1.82) is 0 Å². The lowest BCUT2D eigenvalue weighted by molar-refractivity contribution is -0.137. The van der Waals surface area contributed by atoms with Gasteiger partial charge in [0, 0.05) is 29.2 Å². The quantitative estimate of drug-likeness (QED) is 0.676. The number of Topliss-reactive ketones (excluding diaryl/α,β-unsaturated/α-hetero) is 1. The molecule has 0 spiro atoms. The third-order valence-electron chi connectivity index (χ3n) is 2.76. The number of hydrogen-bond donors (Lipinski definition) is 1. The van der Waals surface area contributed by atoms with Crippen molar-refractivity contribution in [2.75, 3.05) is 5.73 Å². The standard InChI is InChI=1S/C14H11F3N2O/c1-8(20)10-2-11(7-19-6-10)9-3-12(14(15,16)17)5-13(18)4-9/h2-7H,18H2,1H3. The maximum absolute atomic E-state index is 12.7. The molecule has 0 fully saturated rings. The van der Waals surface area contributed by atoms with E-state index < -0.39 is 11.7 Å². The number of nitrogen functional groups attached to an aromatic ring is 1. The molecule has 104 valence electrons. The molecule has 0 atom stereocenters. The summed E-state index contributed by atoms with van der Waals surface area (Å²) < 4.78 is 38.2. The summed E-state index contributed by atoms with van der Waals surface area (Å²) in [5.41, 5.74) is 5.69. The van der Waals surface area contributed by atoms with Crippen LogP contribution in [0.15, 0.2) is 36.7 Å². The van der Waals surface area contributed by atoms with Gasteiger partial charge in [-0.1, -0.05) is 0 Å². The van der Waals surface area contributed by atoms with E-state index in [9.17, 15) is 18.0 Å². The number of ketones is 1. The van der Waals surface area contributed by atoms with Crippen LogP contribution in [0.25, 0.3) is 11.1 Å². The lowest BCUT2D eigenvalue weighted by Gasteiger charge is -2.11. The van der Waals surface area contributed by atoms with E-state index in [1.54, 1.807) is 0 Å². The van der Waals surface area contributed by atoms with E-state index in [4.69, 9.17) is 5.73 Å². The van der Waals surface area contributed by atoms with E-state index in [1.807, 2.05) is 0 Å². The van der Waals surface area contributed by atoms with E-state index in [0.29, 0.717) is 11.1 Å². The van der Waals surface area contributed by atoms with Gasteiger partial charge in [-0.05, 0) is 36.8 Å². The number of benzene rings is 1. The molecule has 3 nitrogen and oxygen atoms in total. The van der Waals surface area contributed by atoms with Crippen molar-refractivity contribution >= 4 is 11.5 Å². The molecule has 0 radical (unpaired) electrons. The van der Waals surface area contributed by atoms with E-state index >= 15 is 0 Å². The fraction of sp³-hybridized carbons (Fsp3) is 0.143. The number of nitrogens with zero attached hydrogens (tertiary/aromatic N) is 1. The Balaban J connectivity index is 2.55. The van der Waals surface area contributed by atoms with E-state index in [2.05, 4.69) is 4.98 Å². The Bertz CT molecular complexity index is 666. The number of alkyl halides is 3. The zero-order valence-electron chi connectivity index (χ0n) is 10.5. The van der Waals surface area contributed by atoms with Crippen LogP contribution < -0.4 is 5.73 Å². The van der Waals surface area contributed by atoms with Crippen molar-refractivity contribution in [3.05, 3.63) is 47.8 Å². The SMILES string of the molecule is CC(=O)c1cncc(-c2cc(N)cc(C(F)(F)F)c2)c1. The summed E-state index contributed by atoms with van der Waals surface area (Å²) in [6.45, 7) is 1.36. The van der Waals surface area contributed by atoms with Crippen LogP contribution in [0.4, 0.5) is 18.9 Å². The first kappa shape index (κ1) is 14.0. The second-order valence-electron chi connectivity index (χ2n) is 4.36. The highest BCUT2D eigenvalue weighted by molar-refractivity contribution is 5.94. The van der Waals surface area contributed by atoms with Crippen LogP contribution in [-0.4, -0.2) is 10.8 Å². The largest absolute Gasteiger partial charge is 0.416 e. The number of halogens is 3. The van der Waals surface area contributed by atoms with Gasteiger partial charge in [0.25, 0.3) is 0 Å². The molecule has 0 aliphatic carbocycles. The molecule has 0 aliphatic heterocycles. The monoisotopic (exact) mass is 280 g/mol. The first-order valence-electron chi connectivity index (χ1n) is 5.71. The summed E-state index contributed by atoms with van der Waals surface area (Å²) >= 11 is 0. The third-order valence-corrected chi connectivity index (χ3v) is 2.76. The van der Waals surface area contributed by atoms with Gasteiger partial charge in [0.05, 0.1) is 5.56 Å². The van der Waals surface area contributed by atoms with Crippen LogP contribution in [0.2, 0.25) is 0 Å². The number of anilines is 1. The topological polar surface area (TPSA) is 56.0 Å². The molecule has 2 N–H and O–H groups in total. The molecular weight excluding hydrogens is 269 g/mol. The smallest absolute Gasteiger partial charge is 0.399 e. The predicted octanol–water partition coefficient (Wildman–Crippen LogP) is 3.55. The highest BCUT2D eigenvalue weighted by Gasteiger charge is 2.31. The fourth-order valence-electron chi connectivity index (χ4n) is 1.77. The molecule has 1 heterocycles. The molecule has 0 amide bonds. The lowest BCUT2D eigenvalue weighted by Crippen LogP contribution is -2.06. The van der Waals surface area contributed by atoms with Crippen LogP contribution in [0.5, 0.6) is 0 Å². The maximum Gasteiger partial charge on any atom is 0.416 e. The minimum absolute atomic E-state index is 0.00283. The summed E-state index contributed by atoms with van der Waals surface area (Å²) in [4.78, 5) is 15.1. The minimum Gasteiger partial charge on any atom is -0.399 e. The van der Waals surface area contributed by atoms with E-state index in [1.165, 1.54) is 31.5 Å². The first-order valence-corrected chi connectivity index (χ1v) is 5.71. The Morgan fingerprint density at radius 1 is 1.10 bits per heavy atom. The Hall–Kier alpha value is -2.37. The van der Waals surface area contributed by atoms with Gasteiger partial charge in [0.1, 0.15) is 0 Å². The normalized spacial score (nSPS) is 11.4. The molecule has 0 unspecified atom stereocenters. The van der Waals surface area contributed by atoms with Gasteiger partial charge in [0.15, 0.2) is 5.78 Å². The highest BCUT2D eigenvalue weighted by atomic mass is 19.4. The Morgan fingerprint density at radius 2 is 1.80 bits per heavy atom. The molecule has 0 saturated carbocycles. The van der Waals surface area contributed by atoms with Crippen LogP contribution in [-0.2, 0) is 6.18 Å². The first-order chi connectivity index (χ1) is 9.27. The maximum atomic E-state index is 12.7. The third kappa shape index (κ3) is 2.96. The molecule has 6 heteroatoms. The van der Waals surface area contributed by atoms with Crippen LogP contribution in [0, 0.1) is 0 Å². The average molecular weight is 280 g/mol. The second-order valence-corrected chi connectivity index (χ2v) is 4.36. The molecule has 2 rings (SSSR count). The number of hydrogen-bond acceptors (Lipinski definition) is 3. The Kier molecular flexibility index (Phi) is 3.48. The summed E-state index contributed by atoms with van der Waals surface area (Å²) in [6, 6.07) is 4.75. The Labute approximate surface area is 113 Å². The van der Waals surface area contributed by atoms with Crippen molar-refractivity contribution in [1.82, 2.24) is 4.98 Å². The number of carbonyl (C=O) groups excluding carboxylic acids is 1. The highest BCUT2D eigenvalue weighted by Crippen LogP contribution is 2.34. The van der Waals surface area contributed by atoms with Gasteiger partial charge >= 0.3 is 6.18 Å². The number of rotatable bonds is 2. The number of nitrogens with two attached hydrogens (primary N) is 1. The molecule has 2 aromatic rings. The van der Waals surface area contributed by atoms with Crippen LogP contribution in [0.3, 0.4) is 0 Å². The zero-order valence-corrected chi connectivity index (χ0v) is 10.5. The molecule has 20 heavy (non-hydrogen) atoms. The molecular formula is C14H11F3N2O. The van der Waals surface area contributed by atoms with Gasteiger partial charge < -0.3 is 5.73 Å². The predicted molar refractivity (Wildman–Crippen MR) is 69.1 cm³/mol. The van der Waals surface area contributed by atoms with Gasteiger partial charge in [-0.2, -0.15) is 13.2 Å². The van der Waals surface area contributed by atoms with E-state index in [-0.39, 0.29) is 17.0 Å². The molecule has 1 aromatic carbocycles. The van der Waals surface area contributed by atoms with Gasteiger partial charge in [-0.15, -0.1) is 0 Å². The second kappa shape index (κ2) is 4.96.